The van der Waals surface area contributed by atoms with Crippen molar-refractivity contribution in [1.82, 2.24) is 10.6 Å². The normalized spacial score (nSPS) is 10.3. The van der Waals surface area contributed by atoms with Crippen LogP contribution < -0.4 is 16.4 Å². The van der Waals surface area contributed by atoms with Gasteiger partial charge in [0, 0.05) is 13.1 Å². The van der Waals surface area contributed by atoms with Gasteiger partial charge in [-0.1, -0.05) is 18.2 Å². The largest absolute Gasteiger partial charge is 0.370 e. The lowest BCUT2D eigenvalue weighted by Gasteiger charge is -2.05. The maximum atomic E-state index is 13.3. The highest BCUT2D eigenvalue weighted by Gasteiger charge is 2.09. The van der Waals surface area contributed by atoms with Crippen LogP contribution in [0, 0.1) is 5.82 Å². The summed E-state index contributed by atoms with van der Waals surface area (Å²) in [6, 6.07) is 5.80. The third-order valence-electron chi connectivity index (χ3n) is 2.23. The highest BCUT2D eigenvalue weighted by Crippen LogP contribution is 2.05. The van der Waals surface area contributed by atoms with Crippen molar-refractivity contribution in [3.63, 3.8) is 0 Å². The molecule has 1 amide bonds. The predicted octanol–water partition coefficient (Wildman–Crippen LogP) is 1.26. The summed E-state index contributed by atoms with van der Waals surface area (Å²) in [6.45, 7) is 4.65. The smallest absolute Gasteiger partial charge is 0.254 e. The lowest BCUT2D eigenvalue weighted by molar-refractivity contribution is 0.0951. The van der Waals surface area contributed by atoms with E-state index in [1.807, 2.05) is 0 Å². The van der Waals surface area contributed by atoms with Crippen LogP contribution in [0.1, 0.15) is 10.4 Å². The van der Waals surface area contributed by atoms with Crippen molar-refractivity contribution in [2.24, 2.45) is 10.7 Å². The molecule has 0 aromatic heterocycles. The van der Waals surface area contributed by atoms with Crippen LogP contribution in [0.5, 0.6) is 0 Å². The van der Waals surface area contributed by atoms with E-state index in [-0.39, 0.29) is 42.0 Å². The minimum absolute atomic E-state index is 0. The van der Waals surface area contributed by atoms with Crippen LogP contribution in [0.3, 0.4) is 0 Å². The van der Waals surface area contributed by atoms with Crippen LogP contribution in [0.2, 0.25) is 0 Å². The summed E-state index contributed by atoms with van der Waals surface area (Å²) < 4.78 is 13.3. The Morgan fingerprint density at radius 3 is 2.75 bits per heavy atom. The van der Waals surface area contributed by atoms with Gasteiger partial charge in [-0.2, -0.15) is 0 Å². The van der Waals surface area contributed by atoms with Gasteiger partial charge in [0.05, 0.1) is 12.1 Å². The molecule has 0 aliphatic heterocycles. The molecule has 0 spiro atoms. The van der Waals surface area contributed by atoms with E-state index in [9.17, 15) is 9.18 Å². The number of rotatable bonds is 6. The molecule has 0 aliphatic carbocycles. The number of benzene rings is 1. The van der Waals surface area contributed by atoms with Crippen LogP contribution in [0.25, 0.3) is 0 Å². The van der Waals surface area contributed by atoms with Crippen molar-refractivity contribution in [2.75, 3.05) is 19.6 Å². The second-order valence-electron chi connectivity index (χ2n) is 3.67. The van der Waals surface area contributed by atoms with E-state index in [0.29, 0.717) is 13.1 Å². The van der Waals surface area contributed by atoms with Crippen LogP contribution >= 0.6 is 24.0 Å². The molecule has 0 saturated carbocycles. The van der Waals surface area contributed by atoms with Crippen molar-refractivity contribution in [1.29, 1.82) is 0 Å². The average molecular weight is 392 g/mol. The first-order chi connectivity index (χ1) is 9.15. The molecule has 0 aliphatic rings. The molecule has 7 heteroatoms. The van der Waals surface area contributed by atoms with Gasteiger partial charge >= 0.3 is 0 Å². The molecule has 4 N–H and O–H groups in total. The summed E-state index contributed by atoms with van der Waals surface area (Å²) in [5, 5.41) is 5.36. The van der Waals surface area contributed by atoms with Crippen molar-refractivity contribution in [2.45, 2.75) is 0 Å². The number of nitrogens with one attached hydrogen (secondary N) is 2. The Morgan fingerprint density at radius 2 is 2.10 bits per heavy atom. The Kier molecular flexibility index (Phi) is 9.35. The van der Waals surface area contributed by atoms with E-state index in [1.54, 1.807) is 12.1 Å². The third-order valence-corrected chi connectivity index (χ3v) is 2.23. The van der Waals surface area contributed by atoms with Crippen LogP contribution in [0.4, 0.5) is 4.39 Å². The fourth-order valence-electron chi connectivity index (χ4n) is 1.32. The van der Waals surface area contributed by atoms with Gasteiger partial charge in [0.15, 0.2) is 5.96 Å². The van der Waals surface area contributed by atoms with E-state index in [0.717, 1.165) is 0 Å². The van der Waals surface area contributed by atoms with Crippen molar-refractivity contribution >= 4 is 35.8 Å². The van der Waals surface area contributed by atoms with Crippen molar-refractivity contribution in [3.8, 4) is 0 Å². The van der Waals surface area contributed by atoms with Crippen LogP contribution in [-0.2, 0) is 0 Å². The molecule has 0 atom stereocenters. The second-order valence-corrected chi connectivity index (χ2v) is 3.67. The summed E-state index contributed by atoms with van der Waals surface area (Å²) in [7, 11) is 0. The fourth-order valence-corrected chi connectivity index (χ4v) is 1.32. The number of carbonyl (C=O) groups excluding carboxylic acids is 1. The Hall–Kier alpha value is -1.64. The Balaban J connectivity index is 0.00000361. The molecule has 20 heavy (non-hydrogen) atoms. The predicted molar refractivity (Wildman–Crippen MR) is 88.8 cm³/mol. The number of guanidine groups is 1. The molecule has 1 aromatic carbocycles. The number of hydrogen-bond acceptors (Lipinski definition) is 2. The molecule has 110 valence electrons. The van der Waals surface area contributed by atoms with Gasteiger partial charge in [-0.15, -0.1) is 30.6 Å². The number of aliphatic imine (C=N–C) groups is 1. The SMILES string of the molecule is C=CCNC(N)=NCCNC(=O)c1ccccc1F.I. The molecule has 1 rings (SSSR count). The summed E-state index contributed by atoms with van der Waals surface area (Å²) in [4.78, 5) is 15.6. The Bertz CT molecular complexity index is 479. The molecule has 5 nitrogen and oxygen atoms in total. The van der Waals surface area contributed by atoms with Gasteiger partial charge in [0.1, 0.15) is 5.82 Å². The highest BCUT2D eigenvalue weighted by molar-refractivity contribution is 14.0. The van der Waals surface area contributed by atoms with E-state index in [1.165, 1.54) is 18.2 Å². The van der Waals surface area contributed by atoms with Gasteiger partial charge in [-0.05, 0) is 12.1 Å². The van der Waals surface area contributed by atoms with Gasteiger partial charge in [-0.25, -0.2) is 4.39 Å². The van der Waals surface area contributed by atoms with Gasteiger partial charge in [-0.3, -0.25) is 9.79 Å². The van der Waals surface area contributed by atoms with Crippen LogP contribution in [-0.4, -0.2) is 31.5 Å². The van der Waals surface area contributed by atoms with Crippen molar-refractivity contribution in [3.05, 3.63) is 48.3 Å². The highest BCUT2D eigenvalue weighted by atomic mass is 127. The molecular formula is C13H18FIN4O. The van der Waals surface area contributed by atoms with Crippen molar-refractivity contribution < 1.29 is 9.18 Å². The second kappa shape index (κ2) is 10.2. The zero-order valence-electron chi connectivity index (χ0n) is 10.9. The fraction of sp³-hybridized carbons (Fsp3) is 0.231. The molecule has 0 radical (unpaired) electrons. The number of nitrogens with two attached hydrogens (primary N) is 1. The third kappa shape index (κ3) is 6.50. The maximum Gasteiger partial charge on any atom is 0.254 e. The summed E-state index contributed by atoms with van der Waals surface area (Å²) >= 11 is 0. The molecule has 0 heterocycles. The summed E-state index contributed by atoms with van der Waals surface area (Å²) in [5.41, 5.74) is 5.55. The molecular weight excluding hydrogens is 374 g/mol. The first kappa shape index (κ1) is 18.4. The number of hydrogen-bond donors (Lipinski definition) is 3. The minimum Gasteiger partial charge on any atom is -0.370 e. The van der Waals surface area contributed by atoms with E-state index >= 15 is 0 Å². The monoisotopic (exact) mass is 392 g/mol. The molecule has 1 aromatic rings. The Labute approximate surface area is 134 Å². The van der Waals surface area contributed by atoms with E-state index in [2.05, 4.69) is 22.2 Å². The summed E-state index contributed by atoms with van der Waals surface area (Å²) in [5.74, 6) is -0.735. The first-order valence-electron chi connectivity index (χ1n) is 5.82. The zero-order chi connectivity index (χ0) is 14.1. The zero-order valence-corrected chi connectivity index (χ0v) is 13.3. The molecule has 0 fully saturated rings. The first-order valence-corrected chi connectivity index (χ1v) is 5.82. The van der Waals surface area contributed by atoms with Gasteiger partial charge in [0.2, 0.25) is 0 Å². The van der Waals surface area contributed by atoms with Gasteiger partial charge in [0.25, 0.3) is 5.91 Å². The van der Waals surface area contributed by atoms with Crippen LogP contribution in [0.15, 0.2) is 41.9 Å². The summed E-state index contributed by atoms with van der Waals surface area (Å²) in [6.07, 6.45) is 1.66. The van der Waals surface area contributed by atoms with Gasteiger partial charge < -0.3 is 16.4 Å². The molecule has 0 bridgehead atoms. The number of carbonyl (C=O) groups is 1. The molecule has 0 unspecified atom stereocenters. The van der Waals surface area contributed by atoms with E-state index < -0.39 is 11.7 Å². The lowest BCUT2D eigenvalue weighted by Crippen LogP contribution is -2.33. The standard InChI is InChI=1S/C13H17FN4O.HI/c1-2-7-17-13(15)18-9-8-16-12(19)10-5-3-4-6-11(10)14;/h2-6H,1,7-9H2,(H,16,19)(H3,15,17,18);1H. The topological polar surface area (TPSA) is 79.5 Å². The maximum absolute atomic E-state index is 13.3. The molecule has 0 saturated heterocycles. The lowest BCUT2D eigenvalue weighted by atomic mass is 10.2. The minimum atomic E-state index is -0.546. The average Bonchev–Trinajstić information content (AvgIpc) is 2.41. The number of amides is 1. The van der Waals surface area contributed by atoms with E-state index in [4.69, 9.17) is 5.73 Å². The number of nitrogens with zero attached hydrogens (tertiary/aromatic N) is 1. The number of halogens is 2. The Morgan fingerprint density at radius 1 is 1.40 bits per heavy atom. The quantitative estimate of drug-likeness (QED) is 0.224.